The Kier molecular flexibility index (Phi) is 4.44. The van der Waals surface area contributed by atoms with Gasteiger partial charge in [0.05, 0.1) is 6.04 Å². The largest absolute Gasteiger partial charge is 0.309 e. The third kappa shape index (κ3) is 2.94. The Hall–Kier alpha value is -0.830. The molecule has 0 heterocycles. The molecular formula is C15H15BrClN. The second-order valence-corrected chi connectivity index (χ2v) is 5.62. The molecule has 1 unspecified atom stereocenters. The van der Waals surface area contributed by atoms with E-state index in [2.05, 4.69) is 58.5 Å². The summed E-state index contributed by atoms with van der Waals surface area (Å²) in [7, 11) is 1.95. The lowest BCUT2D eigenvalue weighted by molar-refractivity contribution is 0.691. The van der Waals surface area contributed by atoms with E-state index in [0.717, 1.165) is 15.1 Å². The first-order chi connectivity index (χ1) is 8.61. The smallest absolute Gasteiger partial charge is 0.0589 e. The van der Waals surface area contributed by atoms with Crippen molar-refractivity contribution >= 4 is 27.5 Å². The van der Waals surface area contributed by atoms with Crippen LogP contribution < -0.4 is 5.32 Å². The van der Waals surface area contributed by atoms with Crippen LogP contribution in [0, 0.1) is 6.92 Å². The standard InChI is InChI=1S/C15H15BrClN/c1-10-4-3-5-11(8-10)15(18-2)13-7-6-12(16)9-14(13)17/h3-9,15,18H,1-2H3. The fourth-order valence-corrected chi connectivity index (χ4v) is 2.87. The zero-order chi connectivity index (χ0) is 13.1. The summed E-state index contributed by atoms with van der Waals surface area (Å²) >= 11 is 9.75. The molecule has 0 aliphatic rings. The maximum atomic E-state index is 6.32. The molecule has 2 rings (SSSR count). The van der Waals surface area contributed by atoms with E-state index in [-0.39, 0.29) is 6.04 Å². The van der Waals surface area contributed by atoms with Crippen LogP contribution >= 0.6 is 27.5 Å². The van der Waals surface area contributed by atoms with Crippen LogP contribution in [0.25, 0.3) is 0 Å². The molecule has 0 amide bonds. The highest BCUT2D eigenvalue weighted by Crippen LogP contribution is 2.30. The monoisotopic (exact) mass is 323 g/mol. The maximum absolute atomic E-state index is 6.32. The van der Waals surface area contributed by atoms with E-state index in [1.54, 1.807) is 0 Å². The molecule has 0 radical (unpaired) electrons. The summed E-state index contributed by atoms with van der Waals surface area (Å²) in [6, 6.07) is 14.6. The van der Waals surface area contributed by atoms with Gasteiger partial charge >= 0.3 is 0 Å². The average Bonchev–Trinajstić information content (AvgIpc) is 2.33. The van der Waals surface area contributed by atoms with Crippen molar-refractivity contribution in [2.75, 3.05) is 7.05 Å². The van der Waals surface area contributed by atoms with Gasteiger partial charge in [-0.2, -0.15) is 0 Å². The van der Waals surface area contributed by atoms with Crippen LogP contribution in [0.1, 0.15) is 22.7 Å². The van der Waals surface area contributed by atoms with Gasteiger partial charge < -0.3 is 5.32 Å². The van der Waals surface area contributed by atoms with Gasteiger partial charge in [-0.1, -0.05) is 63.4 Å². The van der Waals surface area contributed by atoms with E-state index in [0.29, 0.717) is 0 Å². The Morgan fingerprint density at radius 2 is 1.94 bits per heavy atom. The predicted molar refractivity (Wildman–Crippen MR) is 81.2 cm³/mol. The summed E-state index contributed by atoms with van der Waals surface area (Å²) in [5.41, 5.74) is 3.57. The van der Waals surface area contributed by atoms with Gasteiger partial charge in [0.2, 0.25) is 0 Å². The molecule has 2 aromatic carbocycles. The van der Waals surface area contributed by atoms with Gasteiger partial charge in [-0.3, -0.25) is 0 Å². The van der Waals surface area contributed by atoms with Gasteiger partial charge in [-0.15, -0.1) is 0 Å². The molecule has 3 heteroatoms. The first-order valence-corrected chi connectivity index (χ1v) is 6.97. The maximum Gasteiger partial charge on any atom is 0.0589 e. The van der Waals surface area contributed by atoms with Gasteiger partial charge in [0.1, 0.15) is 0 Å². The van der Waals surface area contributed by atoms with Crippen LogP contribution in [0.4, 0.5) is 0 Å². The minimum absolute atomic E-state index is 0.116. The third-order valence-corrected chi connectivity index (χ3v) is 3.76. The van der Waals surface area contributed by atoms with Crippen LogP contribution in [-0.4, -0.2) is 7.05 Å². The second kappa shape index (κ2) is 5.87. The molecule has 1 N–H and O–H groups in total. The Labute approximate surface area is 121 Å². The Morgan fingerprint density at radius 1 is 1.17 bits per heavy atom. The zero-order valence-electron chi connectivity index (χ0n) is 10.4. The molecule has 0 bridgehead atoms. The molecule has 0 aliphatic heterocycles. The molecule has 0 aliphatic carbocycles. The van der Waals surface area contributed by atoms with Crippen molar-refractivity contribution in [3.05, 3.63) is 68.7 Å². The van der Waals surface area contributed by atoms with Crippen LogP contribution in [0.15, 0.2) is 46.9 Å². The second-order valence-electron chi connectivity index (χ2n) is 4.30. The lowest BCUT2D eigenvalue weighted by Gasteiger charge is -2.19. The number of halogens is 2. The summed E-state index contributed by atoms with van der Waals surface area (Å²) in [5.74, 6) is 0. The zero-order valence-corrected chi connectivity index (χ0v) is 12.7. The van der Waals surface area contributed by atoms with Crippen LogP contribution in [-0.2, 0) is 0 Å². The first kappa shape index (κ1) is 13.6. The highest BCUT2D eigenvalue weighted by molar-refractivity contribution is 9.10. The van der Waals surface area contributed by atoms with Crippen molar-refractivity contribution in [1.82, 2.24) is 5.32 Å². The van der Waals surface area contributed by atoms with Crippen LogP contribution in [0.3, 0.4) is 0 Å². The number of hydrogen-bond donors (Lipinski definition) is 1. The van der Waals surface area contributed by atoms with Gasteiger partial charge in [0, 0.05) is 9.50 Å². The van der Waals surface area contributed by atoms with Crippen molar-refractivity contribution in [1.29, 1.82) is 0 Å². The molecule has 0 spiro atoms. The van der Waals surface area contributed by atoms with E-state index >= 15 is 0 Å². The summed E-state index contributed by atoms with van der Waals surface area (Å²) in [4.78, 5) is 0. The third-order valence-electron chi connectivity index (χ3n) is 2.94. The fourth-order valence-electron chi connectivity index (χ4n) is 2.09. The molecule has 94 valence electrons. The SMILES string of the molecule is CNC(c1cccc(C)c1)c1ccc(Br)cc1Cl. The normalized spacial score (nSPS) is 12.4. The molecule has 0 fully saturated rings. The Balaban J connectivity index is 2.45. The molecule has 1 nitrogen and oxygen atoms in total. The van der Waals surface area contributed by atoms with E-state index in [9.17, 15) is 0 Å². The van der Waals surface area contributed by atoms with E-state index in [1.807, 2.05) is 19.2 Å². The van der Waals surface area contributed by atoms with Crippen molar-refractivity contribution < 1.29 is 0 Å². The topological polar surface area (TPSA) is 12.0 Å². The van der Waals surface area contributed by atoms with Gasteiger partial charge in [-0.05, 0) is 37.2 Å². The highest BCUT2D eigenvalue weighted by Gasteiger charge is 2.15. The van der Waals surface area contributed by atoms with Gasteiger partial charge in [0.25, 0.3) is 0 Å². The number of benzene rings is 2. The number of nitrogens with one attached hydrogen (secondary N) is 1. The molecule has 18 heavy (non-hydrogen) atoms. The predicted octanol–water partition coefficient (Wildman–Crippen LogP) is 4.72. The summed E-state index contributed by atoms with van der Waals surface area (Å²) in [5, 5.41) is 4.09. The molecule has 0 aromatic heterocycles. The van der Waals surface area contributed by atoms with Crippen LogP contribution in [0.2, 0.25) is 5.02 Å². The quantitative estimate of drug-likeness (QED) is 0.861. The minimum atomic E-state index is 0.116. The van der Waals surface area contributed by atoms with Crippen molar-refractivity contribution in [3.8, 4) is 0 Å². The molecule has 2 aromatic rings. The minimum Gasteiger partial charge on any atom is -0.309 e. The molecule has 1 atom stereocenters. The van der Waals surface area contributed by atoms with E-state index in [1.165, 1.54) is 11.1 Å². The molecule has 0 saturated heterocycles. The van der Waals surface area contributed by atoms with Crippen molar-refractivity contribution in [3.63, 3.8) is 0 Å². The Morgan fingerprint density at radius 3 is 2.56 bits per heavy atom. The lowest BCUT2D eigenvalue weighted by Crippen LogP contribution is -2.18. The molecule has 0 saturated carbocycles. The van der Waals surface area contributed by atoms with E-state index in [4.69, 9.17) is 11.6 Å². The lowest BCUT2D eigenvalue weighted by atomic mass is 9.97. The summed E-state index contributed by atoms with van der Waals surface area (Å²) in [6.45, 7) is 2.10. The van der Waals surface area contributed by atoms with Crippen molar-refractivity contribution in [2.24, 2.45) is 0 Å². The summed E-state index contributed by atoms with van der Waals surface area (Å²) < 4.78 is 0.996. The molecular weight excluding hydrogens is 310 g/mol. The summed E-state index contributed by atoms with van der Waals surface area (Å²) in [6.07, 6.45) is 0. The van der Waals surface area contributed by atoms with Gasteiger partial charge in [-0.25, -0.2) is 0 Å². The highest BCUT2D eigenvalue weighted by atomic mass is 79.9. The number of aryl methyl sites for hydroxylation is 1. The van der Waals surface area contributed by atoms with Crippen LogP contribution in [0.5, 0.6) is 0 Å². The first-order valence-electron chi connectivity index (χ1n) is 5.80. The van der Waals surface area contributed by atoms with Crippen molar-refractivity contribution in [2.45, 2.75) is 13.0 Å². The van der Waals surface area contributed by atoms with E-state index < -0.39 is 0 Å². The number of hydrogen-bond acceptors (Lipinski definition) is 1. The Bertz CT molecular complexity index is 554. The average molecular weight is 325 g/mol. The fraction of sp³-hybridized carbons (Fsp3) is 0.200. The number of rotatable bonds is 3. The van der Waals surface area contributed by atoms with Gasteiger partial charge in [0.15, 0.2) is 0 Å².